The fraction of sp³-hybridized carbons (Fsp3) is 0.556. The van der Waals surface area contributed by atoms with Gasteiger partial charge in [-0.25, -0.2) is 0 Å². The van der Waals surface area contributed by atoms with Crippen LogP contribution in [0, 0.1) is 20.8 Å². The van der Waals surface area contributed by atoms with Crippen LogP contribution in [0.4, 0.5) is 0 Å². The number of aromatic hydroxyl groups is 1. The van der Waals surface area contributed by atoms with Crippen LogP contribution in [0.1, 0.15) is 49.7 Å². The number of hydrogen-bond donors (Lipinski definition) is 1. The number of halogens is 1. The minimum absolute atomic E-state index is 0.00181. The summed E-state index contributed by atoms with van der Waals surface area (Å²) in [6.45, 7) is 2.08. The van der Waals surface area contributed by atoms with E-state index in [4.69, 9.17) is 0 Å². The number of Topliss-reactive ketones (excluding diaryl/α,β-unsaturated/α-hetero) is 2. The Morgan fingerprint density at radius 1 is 1.27 bits per heavy atom. The van der Waals surface area contributed by atoms with E-state index in [0.29, 0.717) is 18.6 Å². The number of benzene rings is 1. The van der Waals surface area contributed by atoms with Crippen molar-refractivity contribution in [3.63, 3.8) is 0 Å². The molecule has 0 aromatic heterocycles. The van der Waals surface area contributed by atoms with Gasteiger partial charge in [-0.05, 0) is 76.9 Å². The number of rotatable bonds is 0. The van der Waals surface area contributed by atoms with Crippen LogP contribution in [0.25, 0.3) is 0 Å². The minimum Gasteiger partial charge on any atom is -0.507 e. The number of ketones is 2. The van der Waals surface area contributed by atoms with Gasteiger partial charge in [0.15, 0.2) is 0 Å². The molecule has 1 aromatic rings. The smallest absolute Gasteiger partial charge is 0.141 e. The zero-order valence-electron chi connectivity index (χ0n) is 12.6. The fourth-order valence-electron chi connectivity index (χ4n) is 5.14. The van der Waals surface area contributed by atoms with Crippen molar-refractivity contribution < 1.29 is 14.7 Å². The first-order valence-corrected chi connectivity index (χ1v) is 9.07. The third-order valence-corrected chi connectivity index (χ3v) is 7.19. The highest BCUT2D eigenvalue weighted by molar-refractivity contribution is 14.1. The largest absolute Gasteiger partial charge is 0.507 e. The van der Waals surface area contributed by atoms with Crippen molar-refractivity contribution in [3.05, 3.63) is 26.8 Å². The summed E-state index contributed by atoms with van der Waals surface area (Å²) < 4.78 is 0.847. The molecular formula is C18H19IO3. The molecule has 3 unspecified atom stereocenters. The quantitative estimate of drug-likeness (QED) is 0.666. The van der Waals surface area contributed by atoms with Crippen molar-refractivity contribution in [1.82, 2.24) is 0 Å². The lowest BCUT2D eigenvalue weighted by Crippen LogP contribution is -2.46. The van der Waals surface area contributed by atoms with Crippen molar-refractivity contribution in [1.29, 1.82) is 0 Å². The molecule has 3 aliphatic carbocycles. The minimum atomic E-state index is -0.279. The topological polar surface area (TPSA) is 54.4 Å². The van der Waals surface area contributed by atoms with Gasteiger partial charge in [0, 0.05) is 24.2 Å². The highest BCUT2D eigenvalue weighted by Gasteiger charge is 2.56. The molecule has 4 heteroatoms. The summed E-state index contributed by atoms with van der Waals surface area (Å²) in [4.78, 5) is 25.1. The number of carbonyl (C=O) groups excluding carboxylic acids is 2. The molecule has 1 aromatic carbocycles. The van der Waals surface area contributed by atoms with Crippen LogP contribution < -0.4 is 0 Å². The Hall–Kier alpha value is -0.910. The van der Waals surface area contributed by atoms with Crippen LogP contribution in [-0.2, 0) is 16.0 Å². The number of fused-ring (bicyclic) bond motifs is 5. The van der Waals surface area contributed by atoms with Gasteiger partial charge in [-0.3, -0.25) is 9.59 Å². The highest BCUT2D eigenvalue weighted by atomic mass is 127. The third kappa shape index (κ3) is 1.85. The fourth-order valence-corrected chi connectivity index (χ4v) is 5.63. The summed E-state index contributed by atoms with van der Waals surface area (Å²) in [5.74, 6) is 1.33. The van der Waals surface area contributed by atoms with E-state index in [0.717, 1.165) is 28.4 Å². The summed E-state index contributed by atoms with van der Waals surface area (Å²) >= 11 is 2.15. The molecule has 4 atom stereocenters. The molecule has 2 fully saturated rings. The monoisotopic (exact) mass is 410 g/mol. The second-order valence-corrected chi connectivity index (χ2v) is 8.46. The van der Waals surface area contributed by atoms with Crippen molar-refractivity contribution in [2.45, 2.75) is 44.9 Å². The Kier molecular flexibility index (Phi) is 3.19. The molecule has 3 nitrogen and oxygen atoms in total. The van der Waals surface area contributed by atoms with Crippen LogP contribution in [0.3, 0.4) is 0 Å². The summed E-state index contributed by atoms with van der Waals surface area (Å²) in [6, 6.07) is 3.81. The van der Waals surface area contributed by atoms with Crippen LogP contribution in [0.5, 0.6) is 5.75 Å². The molecule has 1 N–H and O–H groups in total. The molecule has 0 heterocycles. The maximum atomic E-state index is 12.8. The highest BCUT2D eigenvalue weighted by Crippen LogP contribution is 2.58. The Labute approximate surface area is 143 Å². The number of phenolic OH excluding ortho intramolecular Hbond substituents is 1. The summed E-state index contributed by atoms with van der Waals surface area (Å²) in [6.07, 6.45) is 3.71. The van der Waals surface area contributed by atoms with E-state index in [2.05, 4.69) is 35.6 Å². The first kappa shape index (κ1) is 14.7. The Morgan fingerprint density at radius 3 is 2.82 bits per heavy atom. The number of phenols is 1. The van der Waals surface area contributed by atoms with Gasteiger partial charge < -0.3 is 5.11 Å². The maximum Gasteiger partial charge on any atom is 0.141 e. The van der Waals surface area contributed by atoms with E-state index in [1.165, 1.54) is 5.56 Å². The molecule has 0 bridgehead atoms. The van der Waals surface area contributed by atoms with Gasteiger partial charge in [0.1, 0.15) is 17.3 Å². The van der Waals surface area contributed by atoms with E-state index in [1.54, 1.807) is 6.07 Å². The van der Waals surface area contributed by atoms with Crippen LogP contribution in [-0.4, -0.2) is 16.7 Å². The summed E-state index contributed by atoms with van der Waals surface area (Å²) in [5.41, 5.74) is 1.93. The molecule has 0 spiro atoms. The van der Waals surface area contributed by atoms with Crippen LogP contribution in [0.15, 0.2) is 12.1 Å². The van der Waals surface area contributed by atoms with Crippen molar-refractivity contribution in [2.75, 3.05) is 0 Å². The summed E-state index contributed by atoms with van der Waals surface area (Å²) in [7, 11) is 0. The Balaban J connectivity index is 1.81. The SMILES string of the molecule is C[C@]12CCC3c4cc(I)c(O)cc4CC(=O)C3C1CCC2=O. The van der Waals surface area contributed by atoms with Gasteiger partial charge in [0.25, 0.3) is 0 Å². The van der Waals surface area contributed by atoms with Gasteiger partial charge in [0.05, 0.1) is 3.57 Å². The molecule has 116 valence electrons. The molecule has 3 aliphatic rings. The lowest BCUT2D eigenvalue weighted by Gasteiger charge is -2.47. The average Bonchev–Trinajstić information content (AvgIpc) is 2.77. The summed E-state index contributed by atoms with van der Waals surface area (Å²) in [5, 5.41) is 9.92. The lowest BCUT2D eigenvalue weighted by molar-refractivity contribution is -0.134. The van der Waals surface area contributed by atoms with E-state index in [1.807, 2.05) is 0 Å². The van der Waals surface area contributed by atoms with Crippen LogP contribution in [0.2, 0.25) is 0 Å². The molecule has 2 saturated carbocycles. The Morgan fingerprint density at radius 2 is 2.05 bits per heavy atom. The predicted molar refractivity (Wildman–Crippen MR) is 90.8 cm³/mol. The zero-order valence-corrected chi connectivity index (χ0v) is 14.7. The molecular weight excluding hydrogens is 391 g/mol. The standard InChI is InChI=1S/C18H19IO3/c1-18-5-4-10-11-8-13(19)14(20)6-9(11)7-15(21)17(10)12(18)2-3-16(18)22/h6,8,10,12,17,20H,2-5,7H2,1H3/t10?,12?,17?,18-/m0/s1. The van der Waals surface area contributed by atoms with Gasteiger partial charge in [-0.15, -0.1) is 0 Å². The zero-order chi connectivity index (χ0) is 15.6. The van der Waals surface area contributed by atoms with Crippen molar-refractivity contribution in [3.8, 4) is 5.75 Å². The molecule has 22 heavy (non-hydrogen) atoms. The third-order valence-electron chi connectivity index (χ3n) is 6.32. The normalized spacial score (nSPS) is 36.7. The number of carbonyl (C=O) groups is 2. The number of hydrogen-bond acceptors (Lipinski definition) is 3. The molecule has 4 rings (SSSR count). The van der Waals surface area contributed by atoms with E-state index in [9.17, 15) is 14.7 Å². The molecule has 0 amide bonds. The van der Waals surface area contributed by atoms with Crippen LogP contribution >= 0.6 is 22.6 Å². The van der Waals surface area contributed by atoms with Crippen molar-refractivity contribution >= 4 is 34.2 Å². The maximum absolute atomic E-state index is 12.8. The Bertz CT molecular complexity index is 696. The average molecular weight is 410 g/mol. The van der Waals surface area contributed by atoms with E-state index in [-0.39, 0.29) is 34.7 Å². The molecule has 0 aliphatic heterocycles. The van der Waals surface area contributed by atoms with Gasteiger partial charge in [0.2, 0.25) is 0 Å². The first-order chi connectivity index (χ1) is 10.4. The second kappa shape index (κ2) is 4.79. The van der Waals surface area contributed by atoms with Gasteiger partial charge in [-0.1, -0.05) is 6.92 Å². The molecule has 0 radical (unpaired) electrons. The molecule has 0 saturated heterocycles. The van der Waals surface area contributed by atoms with Gasteiger partial charge >= 0.3 is 0 Å². The van der Waals surface area contributed by atoms with E-state index < -0.39 is 0 Å². The van der Waals surface area contributed by atoms with Crippen molar-refractivity contribution in [2.24, 2.45) is 17.3 Å². The first-order valence-electron chi connectivity index (χ1n) is 7.99. The lowest BCUT2D eigenvalue weighted by atomic mass is 9.55. The predicted octanol–water partition coefficient (Wildman–Crippen LogP) is 3.60. The second-order valence-electron chi connectivity index (χ2n) is 7.30. The van der Waals surface area contributed by atoms with E-state index >= 15 is 0 Å². The van der Waals surface area contributed by atoms with Gasteiger partial charge in [-0.2, -0.15) is 0 Å².